The molecule has 1 aromatic carbocycles. The van der Waals surface area contributed by atoms with Crippen LogP contribution in [0.2, 0.25) is 0 Å². The third kappa shape index (κ3) is 2.30. The van der Waals surface area contributed by atoms with Crippen molar-refractivity contribution in [2.75, 3.05) is 6.26 Å². The van der Waals surface area contributed by atoms with Crippen LogP contribution in [0.3, 0.4) is 0 Å². The van der Waals surface area contributed by atoms with Crippen molar-refractivity contribution in [1.29, 1.82) is 5.26 Å². The second kappa shape index (κ2) is 5.84. The van der Waals surface area contributed by atoms with Gasteiger partial charge in [-0.25, -0.2) is 4.79 Å². The van der Waals surface area contributed by atoms with E-state index in [1.54, 1.807) is 36.6 Å². The summed E-state index contributed by atoms with van der Waals surface area (Å²) >= 11 is 2.09. The lowest BCUT2D eigenvalue weighted by Gasteiger charge is -2.25. The SMILES string of the molecule is CSC1SC(C(=O)O)=C(c2ccccc2)C1(C#N)C(=O)O. The minimum absolute atomic E-state index is 0.0648. The molecule has 0 bridgehead atoms. The van der Waals surface area contributed by atoms with Crippen LogP contribution in [0, 0.1) is 16.7 Å². The molecule has 1 heterocycles. The second-order valence-corrected chi connectivity index (χ2v) is 6.64. The lowest BCUT2D eigenvalue weighted by atomic mass is 9.79. The molecule has 5 nitrogen and oxygen atoms in total. The average molecular weight is 321 g/mol. The first-order valence-corrected chi connectivity index (χ1v) is 8.03. The Hall–Kier alpha value is -1.91. The van der Waals surface area contributed by atoms with Crippen molar-refractivity contribution in [3.63, 3.8) is 0 Å². The highest BCUT2D eigenvalue weighted by atomic mass is 32.2. The van der Waals surface area contributed by atoms with Gasteiger partial charge in [-0.3, -0.25) is 4.79 Å². The molecule has 0 spiro atoms. The third-order valence-corrected chi connectivity index (χ3v) is 6.01. The van der Waals surface area contributed by atoms with Crippen molar-refractivity contribution >= 4 is 41.0 Å². The maximum Gasteiger partial charge on any atom is 0.342 e. The van der Waals surface area contributed by atoms with Gasteiger partial charge >= 0.3 is 11.9 Å². The lowest BCUT2D eigenvalue weighted by Crippen LogP contribution is -2.36. The van der Waals surface area contributed by atoms with Gasteiger partial charge in [0.25, 0.3) is 0 Å². The normalized spacial score (nSPS) is 24.7. The standard InChI is InChI=1S/C14H11NO4S2/c1-20-13-14(7-15,12(18)19)9(10(21-13)11(16)17)8-5-3-2-4-6-8/h2-6,13H,1H3,(H,16,17)(H,18,19). The maximum absolute atomic E-state index is 11.8. The first-order chi connectivity index (χ1) is 9.98. The molecule has 0 saturated heterocycles. The first-order valence-electron chi connectivity index (χ1n) is 5.86. The Morgan fingerprint density at radius 3 is 2.38 bits per heavy atom. The summed E-state index contributed by atoms with van der Waals surface area (Å²) in [6.45, 7) is 0. The molecular formula is C14H11NO4S2. The van der Waals surface area contributed by atoms with Gasteiger partial charge in [-0.05, 0) is 11.8 Å². The number of thioether (sulfide) groups is 2. The van der Waals surface area contributed by atoms with E-state index in [1.807, 2.05) is 6.07 Å². The van der Waals surface area contributed by atoms with E-state index in [1.165, 1.54) is 11.8 Å². The van der Waals surface area contributed by atoms with E-state index in [-0.39, 0.29) is 10.5 Å². The first kappa shape index (κ1) is 15.5. The van der Waals surface area contributed by atoms with Crippen LogP contribution >= 0.6 is 23.5 Å². The van der Waals surface area contributed by atoms with Crippen molar-refractivity contribution in [3.05, 3.63) is 40.8 Å². The Bertz CT molecular complexity index is 665. The molecule has 21 heavy (non-hydrogen) atoms. The fourth-order valence-electron chi connectivity index (χ4n) is 2.26. The molecule has 2 N–H and O–H groups in total. The van der Waals surface area contributed by atoms with Crippen LogP contribution in [0.25, 0.3) is 5.57 Å². The van der Waals surface area contributed by atoms with Crippen molar-refractivity contribution in [1.82, 2.24) is 0 Å². The van der Waals surface area contributed by atoms with Gasteiger partial charge in [0.15, 0.2) is 0 Å². The van der Waals surface area contributed by atoms with Crippen molar-refractivity contribution in [2.24, 2.45) is 5.41 Å². The molecule has 0 radical (unpaired) electrons. The van der Waals surface area contributed by atoms with Gasteiger partial charge in [0.2, 0.25) is 5.41 Å². The second-order valence-electron chi connectivity index (χ2n) is 4.29. The van der Waals surface area contributed by atoms with Gasteiger partial charge in [-0.2, -0.15) is 5.26 Å². The minimum Gasteiger partial charge on any atom is -0.480 e. The number of rotatable bonds is 4. The van der Waals surface area contributed by atoms with Crippen LogP contribution in [-0.4, -0.2) is 33.0 Å². The summed E-state index contributed by atoms with van der Waals surface area (Å²) in [5.74, 6) is -2.54. The van der Waals surface area contributed by atoms with Crippen LogP contribution in [0.1, 0.15) is 5.56 Å². The molecule has 1 aromatic rings. The minimum atomic E-state index is -1.88. The fourth-order valence-corrected chi connectivity index (χ4v) is 4.72. The Labute approximate surface area is 129 Å². The molecular weight excluding hydrogens is 310 g/mol. The quantitative estimate of drug-likeness (QED) is 0.879. The average Bonchev–Trinajstić information content (AvgIpc) is 2.83. The zero-order chi connectivity index (χ0) is 15.6. The molecule has 1 aliphatic heterocycles. The Balaban J connectivity index is 2.78. The maximum atomic E-state index is 11.8. The summed E-state index contributed by atoms with van der Waals surface area (Å²) in [4.78, 5) is 23.2. The molecule has 0 saturated carbocycles. The molecule has 1 aliphatic rings. The predicted octanol–water partition coefficient (Wildman–Crippen LogP) is 2.51. The molecule has 2 atom stereocenters. The number of nitrogens with zero attached hydrogens (tertiary/aromatic N) is 1. The van der Waals surface area contributed by atoms with Crippen LogP contribution < -0.4 is 0 Å². The van der Waals surface area contributed by atoms with E-state index in [2.05, 4.69) is 0 Å². The Morgan fingerprint density at radius 2 is 1.95 bits per heavy atom. The van der Waals surface area contributed by atoms with Gasteiger partial charge in [0.1, 0.15) is 0 Å². The van der Waals surface area contributed by atoms with E-state index in [0.29, 0.717) is 5.56 Å². The topological polar surface area (TPSA) is 98.4 Å². The third-order valence-electron chi connectivity index (χ3n) is 3.18. The molecule has 0 amide bonds. The number of hydrogen-bond donors (Lipinski definition) is 2. The van der Waals surface area contributed by atoms with E-state index < -0.39 is 21.9 Å². The number of carboxylic acids is 2. The van der Waals surface area contributed by atoms with Gasteiger partial charge in [-0.1, -0.05) is 30.3 Å². The molecule has 108 valence electrons. The van der Waals surface area contributed by atoms with Gasteiger partial charge in [-0.15, -0.1) is 23.5 Å². The van der Waals surface area contributed by atoms with Gasteiger partial charge in [0.05, 0.1) is 15.6 Å². The molecule has 0 fully saturated rings. The smallest absolute Gasteiger partial charge is 0.342 e. The van der Waals surface area contributed by atoms with Crippen LogP contribution in [0.5, 0.6) is 0 Å². The Morgan fingerprint density at radius 1 is 1.33 bits per heavy atom. The van der Waals surface area contributed by atoms with Gasteiger partial charge < -0.3 is 10.2 Å². The van der Waals surface area contributed by atoms with Crippen LogP contribution in [0.4, 0.5) is 0 Å². The van der Waals surface area contributed by atoms with Crippen molar-refractivity contribution in [2.45, 2.75) is 4.58 Å². The highest BCUT2D eigenvalue weighted by molar-refractivity contribution is 8.19. The largest absolute Gasteiger partial charge is 0.480 e. The number of nitriles is 1. The Kier molecular flexibility index (Phi) is 4.30. The zero-order valence-corrected chi connectivity index (χ0v) is 12.6. The molecule has 2 unspecified atom stereocenters. The summed E-state index contributed by atoms with van der Waals surface area (Å²) in [5.41, 5.74) is -1.36. The van der Waals surface area contributed by atoms with Crippen LogP contribution in [-0.2, 0) is 9.59 Å². The predicted molar refractivity (Wildman–Crippen MR) is 81.6 cm³/mol. The number of carboxylic acid groups (broad SMARTS) is 2. The summed E-state index contributed by atoms with van der Waals surface area (Å²) in [6, 6.07) is 10.2. The van der Waals surface area contributed by atoms with E-state index in [9.17, 15) is 25.1 Å². The highest BCUT2D eigenvalue weighted by Gasteiger charge is 2.57. The number of benzene rings is 1. The van der Waals surface area contributed by atoms with E-state index >= 15 is 0 Å². The van der Waals surface area contributed by atoms with Gasteiger partial charge in [0, 0.05) is 5.57 Å². The number of aliphatic carboxylic acids is 2. The van der Waals surface area contributed by atoms with Crippen molar-refractivity contribution in [3.8, 4) is 6.07 Å². The van der Waals surface area contributed by atoms with Crippen molar-refractivity contribution < 1.29 is 19.8 Å². The molecule has 7 heteroatoms. The summed E-state index contributed by atoms with van der Waals surface area (Å²) in [7, 11) is 0. The molecule has 0 aromatic heterocycles. The summed E-state index contributed by atoms with van der Waals surface area (Å²) in [5, 5.41) is 28.5. The van der Waals surface area contributed by atoms with E-state index in [4.69, 9.17) is 0 Å². The lowest BCUT2D eigenvalue weighted by molar-refractivity contribution is -0.142. The van der Waals surface area contributed by atoms with E-state index in [0.717, 1.165) is 11.8 Å². The summed E-state index contributed by atoms with van der Waals surface area (Å²) < 4.78 is -0.707. The number of hydrogen-bond acceptors (Lipinski definition) is 5. The highest BCUT2D eigenvalue weighted by Crippen LogP contribution is 2.58. The molecule has 0 aliphatic carbocycles. The fraction of sp³-hybridized carbons (Fsp3) is 0.214. The van der Waals surface area contributed by atoms with Crippen LogP contribution in [0.15, 0.2) is 35.2 Å². The molecule has 2 rings (SSSR count). The zero-order valence-electron chi connectivity index (χ0n) is 10.9. The monoisotopic (exact) mass is 321 g/mol. The number of carbonyl (C=O) groups is 2. The summed E-state index contributed by atoms with van der Waals surface area (Å²) in [6.07, 6.45) is 1.67.